The van der Waals surface area contributed by atoms with E-state index in [1.165, 1.54) is 37.4 Å². The molecule has 0 atom stereocenters. The number of rotatable bonds is 7. The van der Waals surface area contributed by atoms with Gasteiger partial charge in [-0.1, -0.05) is 48.6 Å². The fraction of sp³-hybridized carbons (Fsp3) is 0.560. The topological polar surface area (TPSA) is 49.9 Å². The Morgan fingerprint density at radius 3 is 2.59 bits per heavy atom. The number of amides is 2. The zero-order valence-corrected chi connectivity index (χ0v) is 20.2. The first-order chi connectivity index (χ1) is 15.6. The predicted octanol–water partition coefficient (Wildman–Crippen LogP) is 5.39. The van der Waals surface area contributed by atoms with Crippen LogP contribution in [-0.2, 0) is 9.59 Å². The van der Waals surface area contributed by atoms with Gasteiger partial charge >= 0.3 is 0 Å². The van der Waals surface area contributed by atoms with E-state index >= 15 is 0 Å². The first-order valence-electron chi connectivity index (χ1n) is 11.9. The third-order valence-corrected chi connectivity index (χ3v) is 7.78. The third-order valence-electron chi connectivity index (χ3n) is 6.41. The number of piperidine rings is 1. The molecule has 0 bridgehead atoms. The lowest BCUT2D eigenvalue weighted by Crippen LogP contribution is -2.36. The van der Waals surface area contributed by atoms with Gasteiger partial charge in [0.1, 0.15) is 10.1 Å². The molecule has 1 saturated carbocycles. The fourth-order valence-electron chi connectivity index (χ4n) is 4.59. The van der Waals surface area contributed by atoms with Crippen LogP contribution in [0.5, 0.6) is 5.75 Å². The molecule has 7 heteroatoms. The molecule has 2 aliphatic heterocycles. The van der Waals surface area contributed by atoms with Crippen molar-refractivity contribution in [3.63, 3.8) is 0 Å². The Labute approximate surface area is 200 Å². The number of carbonyl (C=O) groups excluding carboxylic acids is 2. The van der Waals surface area contributed by atoms with Crippen molar-refractivity contribution >= 4 is 46.2 Å². The number of carbonyl (C=O) groups is 2. The van der Waals surface area contributed by atoms with Crippen LogP contribution in [-0.4, -0.2) is 51.7 Å². The van der Waals surface area contributed by atoms with Crippen molar-refractivity contribution in [2.24, 2.45) is 0 Å². The van der Waals surface area contributed by atoms with Crippen molar-refractivity contribution in [1.29, 1.82) is 0 Å². The zero-order chi connectivity index (χ0) is 22.3. The number of ether oxygens (including phenoxy) is 1. The van der Waals surface area contributed by atoms with E-state index in [0.29, 0.717) is 28.6 Å². The number of thiocarbonyl (C=S) groups is 1. The van der Waals surface area contributed by atoms with E-state index in [2.05, 4.69) is 0 Å². The number of hydrogen-bond acceptors (Lipinski definition) is 5. The highest BCUT2D eigenvalue weighted by atomic mass is 32.2. The summed E-state index contributed by atoms with van der Waals surface area (Å²) in [4.78, 5) is 29.6. The van der Waals surface area contributed by atoms with Gasteiger partial charge in [0.05, 0.1) is 11.0 Å². The summed E-state index contributed by atoms with van der Waals surface area (Å²) in [7, 11) is 0. The molecule has 3 fully saturated rings. The maximum absolute atomic E-state index is 13.0. The van der Waals surface area contributed by atoms with Gasteiger partial charge in [-0.3, -0.25) is 14.5 Å². The Bertz CT molecular complexity index is 874. The standard InChI is InChI=1S/C25H32N2O3S2/c28-23(26-15-7-2-8-16-26)14-9-17-27-24(29)22(32-25(27)31)18-19-10-5-6-13-21(19)30-20-11-3-1-4-12-20/h5-6,10,13,18,20H,1-4,7-9,11-12,14-17H2/b22-18-. The van der Waals surface area contributed by atoms with E-state index in [9.17, 15) is 9.59 Å². The van der Waals surface area contributed by atoms with Crippen LogP contribution in [0.1, 0.15) is 69.8 Å². The molecular formula is C25H32N2O3S2. The summed E-state index contributed by atoms with van der Waals surface area (Å²) in [6, 6.07) is 7.90. The molecule has 0 radical (unpaired) electrons. The molecule has 0 spiro atoms. The first kappa shape index (κ1) is 23.3. The molecule has 3 aliphatic rings. The molecule has 172 valence electrons. The van der Waals surface area contributed by atoms with Crippen molar-refractivity contribution in [3.8, 4) is 5.75 Å². The smallest absolute Gasteiger partial charge is 0.266 e. The maximum atomic E-state index is 13.0. The van der Waals surface area contributed by atoms with Gasteiger partial charge < -0.3 is 9.64 Å². The van der Waals surface area contributed by atoms with Gasteiger partial charge in [-0.15, -0.1) is 0 Å². The van der Waals surface area contributed by atoms with Gasteiger partial charge in [0.2, 0.25) is 5.91 Å². The highest BCUT2D eigenvalue weighted by Gasteiger charge is 2.32. The van der Waals surface area contributed by atoms with Crippen molar-refractivity contribution in [1.82, 2.24) is 9.80 Å². The quantitative estimate of drug-likeness (QED) is 0.393. The average Bonchev–Trinajstić information content (AvgIpc) is 3.09. The summed E-state index contributed by atoms with van der Waals surface area (Å²) in [5.74, 6) is 0.953. The lowest BCUT2D eigenvalue weighted by molar-refractivity contribution is -0.132. The minimum Gasteiger partial charge on any atom is -0.490 e. The van der Waals surface area contributed by atoms with Crippen LogP contribution in [0.15, 0.2) is 29.2 Å². The van der Waals surface area contributed by atoms with Gasteiger partial charge in [0, 0.05) is 31.6 Å². The number of thioether (sulfide) groups is 1. The van der Waals surface area contributed by atoms with Crippen LogP contribution in [0, 0.1) is 0 Å². The summed E-state index contributed by atoms with van der Waals surface area (Å²) in [5.41, 5.74) is 0.916. The van der Waals surface area contributed by atoms with Gasteiger partial charge in [-0.05, 0) is 63.5 Å². The second-order valence-corrected chi connectivity index (χ2v) is 10.5. The summed E-state index contributed by atoms with van der Waals surface area (Å²) in [6.07, 6.45) is 12.5. The monoisotopic (exact) mass is 472 g/mol. The first-order valence-corrected chi connectivity index (χ1v) is 13.1. The number of hydrogen-bond donors (Lipinski definition) is 0. The minimum absolute atomic E-state index is 0.0714. The number of para-hydroxylation sites is 1. The van der Waals surface area contributed by atoms with Gasteiger partial charge in [-0.2, -0.15) is 0 Å². The van der Waals surface area contributed by atoms with E-state index < -0.39 is 0 Å². The summed E-state index contributed by atoms with van der Waals surface area (Å²) < 4.78 is 6.85. The van der Waals surface area contributed by atoms with Crippen molar-refractivity contribution in [3.05, 3.63) is 34.7 Å². The largest absolute Gasteiger partial charge is 0.490 e. The molecular weight excluding hydrogens is 440 g/mol. The molecule has 5 nitrogen and oxygen atoms in total. The SMILES string of the molecule is O=C(CCCN1C(=O)/C(=C/c2ccccc2OC2CCCCC2)SC1=S)N1CCCCC1. The summed E-state index contributed by atoms with van der Waals surface area (Å²) >= 11 is 6.82. The van der Waals surface area contributed by atoms with Crippen LogP contribution in [0.4, 0.5) is 0 Å². The van der Waals surface area contributed by atoms with E-state index in [0.717, 1.165) is 50.1 Å². The van der Waals surface area contributed by atoms with Crippen molar-refractivity contribution < 1.29 is 14.3 Å². The Balaban J connectivity index is 1.35. The summed E-state index contributed by atoms with van der Waals surface area (Å²) in [6.45, 7) is 2.22. The molecule has 0 N–H and O–H groups in total. The van der Waals surface area contributed by atoms with Gasteiger partial charge in [0.15, 0.2) is 0 Å². The molecule has 4 rings (SSSR count). The molecule has 2 heterocycles. The minimum atomic E-state index is -0.0714. The number of nitrogens with zero attached hydrogens (tertiary/aromatic N) is 2. The fourth-order valence-corrected chi connectivity index (χ4v) is 5.89. The molecule has 1 aromatic rings. The lowest BCUT2D eigenvalue weighted by Gasteiger charge is -2.27. The van der Waals surface area contributed by atoms with E-state index in [1.54, 1.807) is 4.90 Å². The highest BCUT2D eigenvalue weighted by molar-refractivity contribution is 8.26. The Morgan fingerprint density at radius 2 is 1.81 bits per heavy atom. The van der Waals surface area contributed by atoms with Crippen LogP contribution in [0.25, 0.3) is 6.08 Å². The number of likely N-dealkylation sites (tertiary alicyclic amines) is 1. The molecule has 0 aromatic heterocycles. The Hall–Kier alpha value is -1.86. The van der Waals surface area contributed by atoms with Crippen LogP contribution in [0.2, 0.25) is 0 Å². The summed E-state index contributed by atoms with van der Waals surface area (Å²) in [5, 5.41) is 0. The van der Waals surface area contributed by atoms with Crippen molar-refractivity contribution in [2.45, 2.75) is 70.3 Å². The van der Waals surface area contributed by atoms with E-state index in [1.807, 2.05) is 35.2 Å². The Kier molecular flexibility index (Phi) is 8.25. The average molecular weight is 473 g/mol. The lowest BCUT2D eigenvalue weighted by atomic mass is 9.97. The molecule has 0 unspecified atom stereocenters. The number of benzene rings is 1. The predicted molar refractivity (Wildman–Crippen MR) is 133 cm³/mol. The van der Waals surface area contributed by atoms with Crippen LogP contribution < -0.4 is 4.74 Å². The molecule has 2 saturated heterocycles. The molecule has 1 aromatic carbocycles. The zero-order valence-electron chi connectivity index (χ0n) is 18.6. The Morgan fingerprint density at radius 1 is 1.09 bits per heavy atom. The van der Waals surface area contributed by atoms with Crippen LogP contribution in [0.3, 0.4) is 0 Å². The van der Waals surface area contributed by atoms with Crippen molar-refractivity contribution in [2.75, 3.05) is 19.6 Å². The third kappa shape index (κ3) is 5.93. The molecule has 32 heavy (non-hydrogen) atoms. The normalized spacial score (nSPS) is 21.4. The molecule has 2 amide bonds. The maximum Gasteiger partial charge on any atom is 0.266 e. The van der Waals surface area contributed by atoms with Crippen LogP contribution >= 0.6 is 24.0 Å². The van der Waals surface area contributed by atoms with E-state index in [4.69, 9.17) is 17.0 Å². The van der Waals surface area contributed by atoms with E-state index in [-0.39, 0.29) is 17.9 Å². The van der Waals surface area contributed by atoms with Gasteiger partial charge in [0.25, 0.3) is 5.91 Å². The highest BCUT2D eigenvalue weighted by Crippen LogP contribution is 2.35. The second-order valence-electron chi connectivity index (χ2n) is 8.79. The second kappa shape index (κ2) is 11.3. The molecule has 1 aliphatic carbocycles. The van der Waals surface area contributed by atoms with Gasteiger partial charge in [-0.25, -0.2) is 0 Å².